The second-order valence-corrected chi connectivity index (χ2v) is 10.1. The van der Waals surface area contributed by atoms with E-state index in [1.165, 1.54) is 19.3 Å². The van der Waals surface area contributed by atoms with Crippen molar-refractivity contribution in [3.63, 3.8) is 0 Å². The lowest BCUT2D eigenvalue weighted by Gasteiger charge is -2.60. The third-order valence-electron chi connectivity index (χ3n) is 7.00. The molecule has 4 saturated carbocycles. The van der Waals surface area contributed by atoms with Crippen molar-refractivity contribution in [1.82, 2.24) is 10.2 Å². The van der Waals surface area contributed by atoms with E-state index in [-0.39, 0.29) is 23.6 Å². The zero-order chi connectivity index (χ0) is 22.2. The van der Waals surface area contributed by atoms with Gasteiger partial charge in [-0.15, -0.1) is 4.36 Å². The van der Waals surface area contributed by atoms with Gasteiger partial charge in [0.25, 0.3) is 0 Å². The fourth-order valence-electron chi connectivity index (χ4n) is 6.40. The molecule has 0 aliphatic heterocycles. The normalized spacial score (nSPS) is 28.1. The van der Waals surface area contributed by atoms with Crippen molar-refractivity contribution in [2.75, 3.05) is 13.7 Å². The Balaban J connectivity index is 1.62. The van der Waals surface area contributed by atoms with Crippen LogP contribution < -0.4 is 10.1 Å². The highest BCUT2D eigenvalue weighted by Crippen LogP contribution is 2.58. The van der Waals surface area contributed by atoms with Crippen LogP contribution in [0.25, 0.3) is 0 Å². The average molecular weight is 464 g/mol. The lowest BCUT2D eigenvalue weighted by Crippen LogP contribution is -2.64. The van der Waals surface area contributed by atoms with Gasteiger partial charge in [0.05, 0.1) is 18.6 Å². The summed E-state index contributed by atoms with van der Waals surface area (Å²) in [5.41, 5.74) is 0.699. The van der Waals surface area contributed by atoms with Crippen LogP contribution in [0, 0.1) is 17.8 Å². The topological polar surface area (TPSA) is 88.1 Å². The van der Waals surface area contributed by atoms with Gasteiger partial charge in [0.2, 0.25) is 5.91 Å². The first-order chi connectivity index (χ1) is 14.8. The van der Waals surface area contributed by atoms with Crippen LogP contribution in [-0.2, 0) is 21.7 Å². The molecule has 0 aromatic heterocycles. The molecule has 0 unspecified atom stereocenters. The smallest absolute Gasteiger partial charge is 0.316 e. The first-order valence-corrected chi connectivity index (χ1v) is 12.4. The van der Waals surface area contributed by atoms with E-state index in [9.17, 15) is 13.2 Å². The summed E-state index contributed by atoms with van der Waals surface area (Å²) in [7, 11) is -0.843. The Morgan fingerprint density at radius 1 is 1.23 bits per heavy atom. The van der Waals surface area contributed by atoms with E-state index < -0.39 is 10.5 Å². The summed E-state index contributed by atoms with van der Waals surface area (Å²) in [4.78, 5) is 15.4. The van der Waals surface area contributed by atoms with Crippen molar-refractivity contribution in [3.05, 3.63) is 23.8 Å². The van der Waals surface area contributed by atoms with Crippen LogP contribution in [0.4, 0.5) is 5.69 Å². The Kier molecular flexibility index (Phi) is 6.35. The van der Waals surface area contributed by atoms with Crippen LogP contribution in [0.3, 0.4) is 0 Å². The number of hydrogen-bond donors (Lipinski definition) is 1. The van der Waals surface area contributed by atoms with Gasteiger partial charge in [0.1, 0.15) is 11.4 Å². The number of ether oxygens (including phenoxy) is 1. The number of rotatable bonds is 6. The van der Waals surface area contributed by atoms with E-state index in [1.54, 1.807) is 25.2 Å². The SMILES string of the molecule is CCOc1ccc(CC(=O)N(C(=S)NC)C23CC4CC(CC(C4)C2)C3)cc1N=S(=O)=O. The molecule has 9 heteroatoms. The molecule has 0 heterocycles. The predicted octanol–water partition coefficient (Wildman–Crippen LogP) is 3.62. The molecule has 4 bridgehead atoms. The third kappa shape index (κ3) is 4.48. The van der Waals surface area contributed by atoms with E-state index in [0.717, 1.165) is 19.3 Å². The number of carbonyl (C=O) groups excluding carboxylic acids is 1. The zero-order valence-electron chi connectivity index (χ0n) is 18.0. The van der Waals surface area contributed by atoms with Gasteiger partial charge in [0.15, 0.2) is 5.11 Å². The van der Waals surface area contributed by atoms with Gasteiger partial charge >= 0.3 is 10.5 Å². The van der Waals surface area contributed by atoms with Crippen LogP contribution in [0.5, 0.6) is 5.75 Å². The molecular formula is C22H29N3O4S2. The molecule has 0 spiro atoms. The molecular weight excluding hydrogens is 434 g/mol. The fraction of sp³-hybridized carbons (Fsp3) is 0.636. The second-order valence-electron chi connectivity index (χ2n) is 9.15. The molecule has 7 nitrogen and oxygen atoms in total. The van der Waals surface area contributed by atoms with Gasteiger partial charge in [-0.3, -0.25) is 9.69 Å². The summed E-state index contributed by atoms with van der Waals surface area (Å²) in [5, 5.41) is 3.51. The third-order valence-corrected chi connectivity index (χ3v) is 7.73. The first-order valence-electron chi connectivity index (χ1n) is 10.9. The minimum atomic E-state index is -2.61. The number of benzene rings is 1. The van der Waals surface area contributed by atoms with Gasteiger partial charge in [0, 0.05) is 7.05 Å². The van der Waals surface area contributed by atoms with Gasteiger partial charge in [-0.05, 0) is 93.1 Å². The Labute approximate surface area is 190 Å². The molecule has 0 radical (unpaired) electrons. The van der Waals surface area contributed by atoms with Crippen LogP contribution in [0.1, 0.15) is 51.0 Å². The minimum Gasteiger partial charge on any atom is -0.492 e. The fourth-order valence-corrected chi connectivity index (χ4v) is 7.00. The molecule has 4 aliphatic rings. The van der Waals surface area contributed by atoms with E-state index in [1.807, 2.05) is 11.8 Å². The molecule has 1 amide bonds. The summed E-state index contributed by atoms with van der Waals surface area (Å²) in [6.45, 7) is 2.21. The van der Waals surface area contributed by atoms with E-state index in [4.69, 9.17) is 17.0 Å². The summed E-state index contributed by atoms with van der Waals surface area (Å²) in [6.07, 6.45) is 7.03. The number of amides is 1. The van der Waals surface area contributed by atoms with Crippen LogP contribution in [0.2, 0.25) is 0 Å². The van der Waals surface area contributed by atoms with Crippen LogP contribution in [-0.4, -0.2) is 43.5 Å². The molecule has 1 aromatic carbocycles. The van der Waals surface area contributed by atoms with E-state index in [0.29, 0.717) is 40.8 Å². The molecule has 0 saturated heterocycles. The van der Waals surface area contributed by atoms with E-state index in [2.05, 4.69) is 9.68 Å². The highest BCUT2D eigenvalue weighted by Gasteiger charge is 2.55. The summed E-state index contributed by atoms with van der Waals surface area (Å²) >= 11 is 5.62. The highest BCUT2D eigenvalue weighted by molar-refractivity contribution is 7.80. The number of thiocarbonyl (C=S) groups is 1. The van der Waals surface area contributed by atoms with E-state index >= 15 is 0 Å². The largest absolute Gasteiger partial charge is 0.492 e. The molecule has 1 aromatic rings. The maximum atomic E-state index is 13.6. The van der Waals surface area contributed by atoms with Gasteiger partial charge in [-0.25, -0.2) is 0 Å². The molecule has 0 atom stereocenters. The van der Waals surface area contributed by atoms with Crippen molar-refractivity contribution in [2.45, 2.75) is 57.4 Å². The quantitative estimate of drug-likeness (QED) is 0.648. The minimum absolute atomic E-state index is 0.0559. The predicted molar refractivity (Wildman–Crippen MR) is 122 cm³/mol. The zero-order valence-corrected chi connectivity index (χ0v) is 19.6. The van der Waals surface area contributed by atoms with Gasteiger partial charge in [-0.1, -0.05) is 6.07 Å². The number of hydrogen-bond acceptors (Lipinski definition) is 6. The molecule has 31 heavy (non-hydrogen) atoms. The molecule has 1 N–H and O–H groups in total. The first kappa shape index (κ1) is 22.2. The number of nitrogens with zero attached hydrogens (tertiary/aromatic N) is 2. The van der Waals surface area contributed by atoms with Crippen molar-refractivity contribution in [1.29, 1.82) is 0 Å². The number of carbonyl (C=O) groups is 1. The van der Waals surface area contributed by atoms with Crippen molar-refractivity contribution < 1.29 is 17.9 Å². The second kappa shape index (κ2) is 8.86. The van der Waals surface area contributed by atoms with Crippen molar-refractivity contribution in [2.24, 2.45) is 22.1 Å². The Hall–Kier alpha value is -2.00. The van der Waals surface area contributed by atoms with Crippen LogP contribution >= 0.6 is 12.2 Å². The van der Waals surface area contributed by atoms with Gasteiger partial charge < -0.3 is 10.1 Å². The molecule has 168 valence electrons. The monoisotopic (exact) mass is 463 g/mol. The summed E-state index contributed by atoms with van der Waals surface area (Å²) < 4.78 is 31.4. The lowest BCUT2D eigenvalue weighted by atomic mass is 9.52. The molecule has 5 rings (SSSR count). The Bertz CT molecular complexity index is 978. The summed E-state index contributed by atoms with van der Waals surface area (Å²) in [5.74, 6) is 2.38. The van der Waals surface area contributed by atoms with Crippen LogP contribution in [0.15, 0.2) is 22.6 Å². The van der Waals surface area contributed by atoms with Crippen molar-refractivity contribution >= 4 is 39.4 Å². The summed E-state index contributed by atoms with van der Waals surface area (Å²) in [6, 6.07) is 5.07. The highest BCUT2D eigenvalue weighted by atomic mass is 32.2. The standard InChI is InChI=1S/C22H29N3O4S2/c1-3-29-19-5-4-14(9-18(19)24-31(27)28)10-20(26)25(21(30)23-2)22-11-15-6-16(12-22)8-17(7-15)13-22/h4-5,9,15-17H,3,6-8,10-13H2,1-2H3,(H,23,30). The lowest BCUT2D eigenvalue weighted by molar-refractivity contribution is -0.140. The van der Waals surface area contributed by atoms with Crippen molar-refractivity contribution in [3.8, 4) is 5.75 Å². The Morgan fingerprint density at radius 2 is 1.84 bits per heavy atom. The molecule has 4 fully saturated rings. The number of nitrogens with one attached hydrogen (secondary N) is 1. The maximum absolute atomic E-state index is 13.6. The Morgan fingerprint density at radius 3 is 2.35 bits per heavy atom. The average Bonchev–Trinajstić information content (AvgIpc) is 2.68. The molecule has 4 aliphatic carbocycles. The van der Waals surface area contributed by atoms with Gasteiger partial charge in [-0.2, -0.15) is 8.42 Å². The maximum Gasteiger partial charge on any atom is 0.316 e.